The molecule has 1 aromatic heterocycles. The predicted molar refractivity (Wildman–Crippen MR) is 132 cm³/mol. The van der Waals surface area contributed by atoms with Crippen molar-refractivity contribution < 1.29 is 14.1 Å². The Balaban J connectivity index is 1.50. The summed E-state index contributed by atoms with van der Waals surface area (Å²) in [5.41, 5.74) is 3.55. The number of furan rings is 1. The van der Waals surface area contributed by atoms with Crippen LogP contribution in [0.4, 0.5) is 11.4 Å². The number of hydrogen-bond donors (Lipinski definition) is 0. The molecule has 0 aliphatic carbocycles. The number of anilines is 1. The van der Waals surface area contributed by atoms with Gasteiger partial charge in [-0.2, -0.15) is 0 Å². The average molecular weight is 469 g/mol. The van der Waals surface area contributed by atoms with Gasteiger partial charge in [0.05, 0.1) is 10.6 Å². The summed E-state index contributed by atoms with van der Waals surface area (Å²) in [6.45, 7) is 0. The molecule has 2 heterocycles. The summed E-state index contributed by atoms with van der Waals surface area (Å²) in [5.74, 6) is 0.863. The molecule has 0 bridgehead atoms. The zero-order valence-corrected chi connectivity index (χ0v) is 18.5. The van der Waals surface area contributed by atoms with Gasteiger partial charge in [-0.25, -0.2) is 0 Å². The summed E-state index contributed by atoms with van der Waals surface area (Å²) in [6.07, 6.45) is 3.52. The Kier molecular flexibility index (Phi) is 5.57. The van der Waals surface area contributed by atoms with Gasteiger partial charge in [0.1, 0.15) is 11.5 Å². The van der Waals surface area contributed by atoms with Gasteiger partial charge in [-0.1, -0.05) is 41.9 Å². The van der Waals surface area contributed by atoms with Gasteiger partial charge < -0.3 is 4.42 Å². The normalized spacial score (nSPS) is 14.5. The minimum atomic E-state index is -0.448. The molecule has 1 amide bonds. The van der Waals surface area contributed by atoms with Crippen molar-refractivity contribution >= 4 is 40.7 Å². The van der Waals surface area contributed by atoms with Crippen LogP contribution in [0.15, 0.2) is 107 Å². The summed E-state index contributed by atoms with van der Waals surface area (Å²) in [4.78, 5) is 25.5. The van der Waals surface area contributed by atoms with Crippen LogP contribution in [-0.2, 0) is 4.79 Å². The van der Waals surface area contributed by atoms with Gasteiger partial charge in [0.2, 0.25) is 0 Å². The lowest BCUT2D eigenvalue weighted by Gasteiger charge is -2.20. The number of hydrogen-bond acceptors (Lipinski definition) is 4. The minimum Gasteiger partial charge on any atom is -0.457 e. The number of benzene rings is 3. The zero-order valence-electron chi connectivity index (χ0n) is 17.7. The van der Waals surface area contributed by atoms with E-state index in [1.165, 1.54) is 12.1 Å². The first-order chi connectivity index (χ1) is 16.5. The molecule has 0 saturated carbocycles. The molecular weight excluding hydrogens is 452 g/mol. The van der Waals surface area contributed by atoms with Crippen LogP contribution in [-0.4, -0.2) is 10.8 Å². The second kappa shape index (κ2) is 8.84. The van der Waals surface area contributed by atoms with Crippen LogP contribution < -0.4 is 4.90 Å². The Morgan fingerprint density at radius 3 is 2.24 bits per heavy atom. The third kappa shape index (κ3) is 4.14. The van der Waals surface area contributed by atoms with E-state index in [9.17, 15) is 14.9 Å². The molecule has 0 N–H and O–H groups in total. The summed E-state index contributed by atoms with van der Waals surface area (Å²) < 4.78 is 5.91. The van der Waals surface area contributed by atoms with Crippen LogP contribution in [0.3, 0.4) is 0 Å². The van der Waals surface area contributed by atoms with Crippen LogP contribution >= 0.6 is 11.6 Å². The van der Waals surface area contributed by atoms with Gasteiger partial charge in [-0.15, -0.1) is 0 Å². The molecule has 0 atom stereocenters. The fourth-order valence-corrected chi connectivity index (χ4v) is 3.90. The summed E-state index contributed by atoms with van der Waals surface area (Å²) in [6, 6.07) is 26.4. The smallest absolute Gasteiger partial charge is 0.269 e. The maximum atomic E-state index is 13.4. The first kappa shape index (κ1) is 21.4. The van der Waals surface area contributed by atoms with Gasteiger partial charge in [0.15, 0.2) is 0 Å². The number of halogens is 1. The molecule has 0 fully saturated rings. The van der Waals surface area contributed by atoms with Crippen LogP contribution in [0.2, 0.25) is 5.02 Å². The topological polar surface area (TPSA) is 76.6 Å². The molecular formula is C27H17ClN2O4. The number of rotatable bonds is 5. The molecule has 0 unspecified atom stereocenters. The number of nitro groups is 1. The second-order valence-corrected chi connectivity index (χ2v) is 8.05. The second-order valence-electron chi connectivity index (χ2n) is 7.62. The molecule has 1 aliphatic heterocycles. The number of nitrogens with zero attached hydrogens (tertiary/aromatic N) is 2. The molecule has 0 spiro atoms. The molecule has 6 nitrogen and oxygen atoms in total. The molecule has 34 heavy (non-hydrogen) atoms. The van der Waals surface area contributed by atoms with E-state index in [0.29, 0.717) is 33.4 Å². The third-order valence-corrected chi connectivity index (χ3v) is 5.68. The average Bonchev–Trinajstić information content (AvgIpc) is 3.45. The van der Waals surface area contributed by atoms with Crippen LogP contribution in [0.25, 0.3) is 23.1 Å². The largest absolute Gasteiger partial charge is 0.457 e. The van der Waals surface area contributed by atoms with E-state index in [4.69, 9.17) is 16.0 Å². The van der Waals surface area contributed by atoms with Gasteiger partial charge in [0, 0.05) is 34.0 Å². The molecule has 4 aromatic rings. The Bertz CT molecular complexity index is 1440. The zero-order chi connectivity index (χ0) is 23.7. The van der Waals surface area contributed by atoms with E-state index < -0.39 is 4.92 Å². The van der Waals surface area contributed by atoms with Crippen molar-refractivity contribution in [2.24, 2.45) is 0 Å². The lowest BCUT2D eigenvalue weighted by molar-refractivity contribution is -0.384. The van der Waals surface area contributed by atoms with Crippen molar-refractivity contribution in [2.75, 3.05) is 4.90 Å². The Morgan fingerprint density at radius 1 is 0.853 bits per heavy atom. The maximum Gasteiger partial charge on any atom is 0.269 e. The maximum absolute atomic E-state index is 13.4. The van der Waals surface area contributed by atoms with E-state index in [-0.39, 0.29) is 11.6 Å². The highest BCUT2D eigenvalue weighted by atomic mass is 35.5. The highest BCUT2D eigenvalue weighted by Gasteiger charge is 2.30. The van der Waals surface area contributed by atoms with Gasteiger partial charge in [-0.3, -0.25) is 19.8 Å². The molecule has 0 radical (unpaired) electrons. The number of amides is 1. The number of carbonyl (C=O) groups is 1. The van der Waals surface area contributed by atoms with E-state index in [2.05, 4.69) is 0 Å². The summed E-state index contributed by atoms with van der Waals surface area (Å²) in [7, 11) is 0. The highest BCUT2D eigenvalue weighted by molar-refractivity contribution is 6.30. The SMILES string of the molecule is O=C1C(=Cc2ccc(-c3ccc([N+](=O)[O-])cc3)o2)C=C(c2ccccc2)N1c1ccc(Cl)cc1. The van der Waals surface area contributed by atoms with Gasteiger partial charge in [-0.05, 0) is 66.2 Å². The summed E-state index contributed by atoms with van der Waals surface area (Å²) in [5, 5.41) is 11.5. The van der Waals surface area contributed by atoms with Crippen molar-refractivity contribution in [3.8, 4) is 11.3 Å². The molecule has 0 saturated heterocycles. The lowest BCUT2D eigenvalue weighted by Crippen LogP contribution is -2.24. The van der Waals surface area contributed by atoms with Crippen molar-refractivity contribution in [2.45, 2.75) is 0 Å². The standard InChI is InChI=1S/C27H17ClN2O4/c28-21-8-12-22(13-9-21)29-25(18-4-2-1-3-5-18)17-20(27(29)31)16-24-14-15-26(34-24)19-6-10-23(11-7-19)30(32)33/h1-17H. The lowest BCUT2D eigenvalue weighted by atomic mass is 10.1. The predicted octanol–water partition coefficient (Wildman–Crippen LogP) is 6.98. The Morgan fingerprint density at radius 2 is 1.56 bits per heavy atom. The third-order valence-electron chi connectivity index (χ3n) is 5.42. The van der Waals surface area contributed by atoms with Crippen LogP contribution in [0.1, 0.15) is 11.3 Å². The highest BCUT2D eigenvalue weighted by Crippen LogP contribution is 2.36. The van der Waals surface area contributed by atoms with E-state index in [1.807, 2.05) is 36.4 Å². The van der Waals surface area contributed by atoms with Crippen LogP contribution in [0.5, 0.6) is 0 Å². The summed E-state index contributed by atoms with van der Waals surface area (Å²) >= 11 is 6.05. The fraction of sp³-hybridized carbons (Fsp3) is 0. The number of non-ortho nitro benzene ring substituents is 1. The van der Waals surface area contributed by atoms with Gasteiger partial charge in [0.25, 0.3) is 11.6 Å². The van der Waals surface area contributed by atoms with Crippen molar-refractivity contribution in [3.05, 3.63) is 129 Å². The monoisotopic (exact) mass is 468 g/mol. The molecule has 1 aliphatic rings. The quantitative estimate of drug-likeness (QED) is 0.180. The first-order valence-electron chi connectivity index (χ1n) is 10.4. The molecule has 166 valence electrons. The van der Waals surface area contributed by atoms with Crippen molar-refractivity contribution in [3.63, 3.8) is 0 Å². The van der Waals surface area contributed by atoms with E-state index >= 15 is 0 Å². The molecule has 7 heteroatoms. The Hall–Kier alpha value is -4.42. The van der Waals surface area contributed by atoms with Crippen LogP contribution in [0, 0.1) is 10.1 Å². The molecule has 3 aromatic carbocycles. The molecule has 5 rings (SSSR count). The fourth-order valence-electron chi connectivity index (χ4n) is 3.77. The van der Waals surface area contributed by atoms with Gasteiger partial charge >= 0.3 is 0 Å². The van der Waals surface area contributed by atoms with Crippen molar-refractivity contribution in [1.29, 1.82) is 0 Å². The van der Waals surface area contributed by atoms with E-state index in [1.54, 1.807) is 59.5 Å². The van der Waals surface area contributed by atoms with E-state index in [0.717, 1.165) is 11.3 Å². The first-order valence-corrected chi connectivity index (χ1v) is 10.8. The van der Waals surface area contributed by atoms with Crippen molar-refractivity contribution in [1.82, 2.24) is 0 Å². The Labute approximate surface area is 200 Å². The number of nitro benzene ring substituents is 1. The number of carbonyl (C=O) groups excluding carboxylic acids is 1. The minimum absolute atomic E-state index is 0.00932.